The number of carbonyl (C=O) groups excluding carboxylic acids is 3. The summed E-state index contributed by atoms with van der Waals surface area (Å²) >= 11 is 0.906. The standard InChI is InChI=1S/C22H26N2O5S/c1-2-12-3-5-13(6-4-12)9-17-21(28)24(22(29)30-17)8-7-23-20(27)16-11-14-10-15(16)19(26)18(14)25/h3-6,9,14-16,18-19,25-26H,2,7-8,10-11H2,1H3,(H,23,27)/b17-9-/t14-,15+,16-,18-,19+/m0/s1. The summed E-state index contributed by atoms with van der Waals surface area (Å²) in [6, 6.07) is 7.84. The van der Waals surface area contributed by atoms with Gasteiger partial charge in [0.25, 0.3) is 11.1 Å². The number of carbonyl (C=O) groups is 3. The second-order valence-corrected chi connectivity index (χ2v) is 9.20. The lowest BCUT2D eigenvalue weighted by molar-refractivity contribution is -0.131. The maximum atomic E-state index is 12.6. The van der Waals surface area contributed by atoms with E-state index < -0.39 is 12.2 Å². The van der Waals surface area contributed by atoms with Gasteiger partial charge >= 0.3 is 0 Å². The molecule has 2 aliphatic carbocycles. The van der Waals surface area contributed by atoms with Crippen molar-refractivity contribution >= 4 is 34.9 Å². The van der Waals surface area contributed by atoms with Gasteiger partial charge in [0.2, 0.25) is 5.91 Å². The summed E-state index contributed by atoms with van der Waals surface area (Å²) in [6.45, 7) is 2.35. The van der Waals surface area contributed by atoms with Gasteiger partial charge in [-0.1, -0.05) is 31.2 Å². The van der Waals surface area contributed by atoms with Gasteiger partial charge in [0.1, 0.15) is 0 Å². The Balaban J connectivity index is 1.31. The van der Waals surface area contributed by atoms with Gasteiger partial charge < -0.3 is 15.5 Å². The van der Waals surface area contributed by atoms with E-state index in [1.165, 1.54) is 5.56 Å². The molecule has 1 aromatic rings. The van der Waals surface area contributed by atoms with Crippen molar-refractivity contribution in [2.24, 2.45) is 17.8 Å². The minimum atomic E-state index is -0.850. The minimum absolute atomic E-state index is 0.0297. The molecule has 3 amide bonds. The molecule has 2 bridgehead atoms. The summed E-state index contributed by atoms with van der Waals surface area (Å²) in [5, 5.41) is 22.3. The van der Waals surface area contributed by atoms with Crippen LogP contribution in [0.1, 0.15) is 30.9 Å². The first kappa shape index (κ1) is 21.1. The zero-order valence-electron chi connectivity index (χ0n) is 16.8. The molecule has 160 valence electrons. The van der Waals surface area contributed by atoms with Crippen LogP contribution in [0, 0.1) is 17.8 Å². The van der Waals surface area contributed by atoms with Crippen molar-refractivity contribution in [2.75, 3.05) is 13.1 Å². The number of benzene rings is 1. The van der Waals surface area contributed by atoms with Crippen LogP contribution in [-0.2, 0) is 16.0 Å². The lowest BCUT2D eigenvalue weighted by atomic mass is 9.84. The third kappa shape index (κ3) is 3.91. The molecule has 0 radical (unpaired) electrons. The van der Waals surface area contributed by atoms with Crippen LogP contribution in [0.3, 0.4) is 0 Å². The van der Waals surface area contributed by atoms with E-state index in [-0.39, 0.29) is 47.9 Å². The molecular formula is C22H26N2O5S. The van der Waals surface area contributed by atoms with Crippen LogP contribution in [0.2, 0.25) is 0 Å². The van der Waals surface area contributed by atoms with E-state index in [4.69, 9.17) is 0 Å². The fourth-order valence-electron chi connectivity index (χ4n) is 4.72. The molecule has 30 heavy (non-hydrogen) atoms. The molecule has 1 aromatic carbocycles. The first-order valence-electron chi connectivity index (χ1n) is 10.4. The average Bonchev–Trinajstić information content (AvgIpc) is 3.38. The normalized spacial score (nSPS) is 31.8. The zero-order chi connectivity index (χ0) is 21.4. The monoisotopic (exact) mass is 430 g/mol. The smallest absolute Gasteiger partial charge is 0.293 e. The van der Waals surface area contributed by atoms with Crippen molar-refractivity contribution in [1.82, 2.24) is 10.2 Å². The summed E-state index contributed by atoms with van der Waals surface area (Å²) in [6.07, 6.45) is 2.29. The van der Waals surface area contributed by atoms with E-state index >= 15 is 0 Å². The van der Waals surface area contributed by atoms with E-state index in [0.717, 1.165) is 28.6 Å². The number of hydrogen-bond acceptors (Lipinski definition) is 6. The summed E-state index contributed by atoms with van der Waals surface area (Å²) in [4.78, 5) is 38.9. The number of nitrogens with one attached hydrogen (secondary N) is 1. The van der Waals surface area contributed by atoms with Gasteiger partial charge in [-0.25, -0.2) is 0 Å². The molecular weight excluding hydrogens is 404 g/mol. The molecule has 0 aromatic heterocycles. The van der Waals surface area contributed by atoms with Crippen LogP contribution in [0.25, 0.3) is 6.08 Å². The molecule has 1 saturated heterocycles. The summed E-state index contributed by atoms with van der Waals surface area (Å²) in [7, 11) is 0. The Morgan fingerprint density at radius 2 is 1.93 bits per heavy atom. The number of amides is 3. The van der Waals surface area contributed by atoms with E-state index in [1.807, 2.05) is 24.3 Å². The third-order valence-electron chi connectivity index (χ3n) is 6.45. The van der Waals surface area contributed by atoms with Gasteiger partial charge in [-0.2, -0.15) is 0 Å². The maximum Gasteiger partial charge on any atom is 0.293 e. The number of fused-ring (bicyclic) bond motifs is 2. The van der Waals surface area contributed by atoms with Crippen molar-refractivity contribution in [3.8, 4) is 0 Å². The zero-order valence-corrected chi connectivity index (χ0v) is 17.6. The quantitative estimate of drug-likeness (QED) is 0.594. The molecule has 8 heteroatoms. The molecule has 1 aliphatic heterocycles. The van der Waals surface area contributed by atoms with Crippen molar-refractivity contribution in [3.05, 3.63) is 40.3 Å². The lowest BCUT2D eigenvalue weighted by Gasteiger charge is -2.29. The first-order chi connectivity index (χ1) is 14.4. The number of rotatable bonds is 6. The van der Waals surface area contributed by atoms with Gasteiger partial charge in [-0.05, 0) is 60.1 Å². The highest BCUT2D eigenvalue weighted by molar-refractivity contribution is 8.18. The van der Waals surface area contributed by atoms with Gasteiger partial charge in [0, 0.05) is 19.0 Å². The molecule has 3 aliphatic rings. The highest BCUT2D eigenvalue weighted by atomic mass is 32.2. The Labute approximate surface area is 179 Å². The van der Waals surface area contributed by atoms with Crippen LogP contribution >= 0.6 is 11.8 Å². The predicted molar refractivity (Wildman–Crippen MR) is 113 cm³/mol. The molecule has 5 atom stereocenters. The molecule has 7 nitrogen and oxygen atoms in total. The fraction of sp³-hybridized carbons (Fsp3) is 0.500. The predicted octanol–water partition coefficient (Wildman–Crippen LogP) is 1.78. The van der Waals surface area contributed by atoms with E-state index in [1.54, 1.807) is 6.08 Å². The van der Waals surface area contributed by atoms with Crippen LogP contribution in [-0.4, -0.2) is 57.5 Å². The van der Waals surface area contributed by atoms with E-state index in [2.05, 4.69) is 12.2 Å². The van der Waals surface area contributed by atoms with E-state index in [9.17, 15) is 24.6 Å². The second kappa shape index (κ2) is 8.53. The molecule has 0 unspecified atom stereocenters. The van der Waals surface area contributed by atoms with Gasteiger partial charge in [0.05, 0.1) is 17.1 Å². The number of aliphatic hydroxyl groups excluding tert-OH is 2. The summed E-state index contributed by atoms with van der Waals surface area (Å²) in [5.74, 6) is -1.11. The number of aryl methyl sites for hydroxylation is 1. The van der Waals surface area contributed by atoms with Crippen LogP contribution in [0.4, 0.5) is 4.79 Å². The lowest BCUT2D eigenvalue weighted by Crippen LogP contribution is -2.45. The third-order valence-corrected chi connectivity index (χ3v) is 7.36. The van der Waals surface area contributed by atoms with Crippen LogP contribution in [0.5, 0.6) is 0 Å². The number of aliphatic hydroxyl groups is 2. The number of imide groups is 1. The highest BCUT2D eigenvalue weighted by Gasteiger charge is 2.53. The second-order valence-electron chi connectivity index (χ2n) is 8.20. The Morgan fingerprint density at radius 3 is 2.57 bits per heavy atom. The number of nitrogens with zero attached hydrogens (tertiary/aromatic N) is 1. The van der Waals surface area contributed by atoms with Crippen molar-refractivity contribution in [3.63, 3.8) is 0 Å². The highest BCUT2D eigenvalue weighted by Crippen LogP contribution is 2.48. The van der Waals surface area contributed by atoms with E-state index in [0.29, 0.717) is 17.7 Å². The molecule has 3 fully saturated rings. The largest absolute Gasteiger partial charge is 0.390 e. The molecule has 3 N–H and O–H groups in total. The molecule has 1 heterocycles. The van der Waals surface area contributed by atoms with Crippen molar-refractivity contribution in [1.29, 1.82) is 0 Å². The number of hydrogen-bond donors (Lipinski definition) is 3. The Morgan fingerprint density at radius 1 is 1.20 bits per heavy atom. The SMILES string of the molecule is CCc1ccc(/C=C2\SC(=O)N(CCNC(=O)[C@H]3C[C@@H]4C[C@H]3[C@@H](O)[C@H]4O)C2=O)cc1. The Bertz CT molecular complexity index is 882. The fourth-order valence-corrected chi connectivity index (χ4v) is 5.58. The summed E-state index contributed by atoms with van der Waals surface area (Å²) in [5.41, 5.74) is 2.07. The van der Waals surface area contributed by atoms with Crippen molar-refractivity contribution < 1.29 is 24.6 Å². The van der Waals surface area contributed by atoms with Gasteiger partial charge in [-0.15, -0.1) is 0 Å². The Kier molecular flexibility index (Phi) is 5.99. The van der Waals surface area contributed by atoms with Gasteiger partial charge in [0.15, 0.2) is 0 Å². The minimum Gasteiger partial charge on any atom is -0.390 e. The topological polar surface area (TPSA) is 107 Å². The van der Waals surface area contributed by atoms with Crippen molar-refractivity contribution in [2.45, 2.75) is 38.4 Å². The molecule has 0 spiro atoms. The van der Waals surface area contributed by atoms with Crippen LogP contribution < -0.4 is 5.32 Å². The average molecular weight is 431 g/mol. The Hall–Kier alpha value is -2.16. The van der Waals surface area contributed by atoms with Crippen LogP contribution in [0.15, 0.2) is 29.2 Å². The first-order valence-corrected chi connectivity index (χ1v) is 11.2. The molecule has 2 saturated carbocycles. The maximum absolute atomic E-state index is 12.6. The van der Waals surface area contributed by atoms with Gasteiger partial charge in [-0.3, -0.25) is 19.3 Å². The summed E-state index contributed by atoms with van der Waals surface area (Å²) < 4.78 is 0. The molecule has 4 rings (SSSR count). The number of thioether (sulfide) groups is 1.